The molecule has 5 nitrogen and oxygen atoms in total. The van der Waals surface area contributed by atoms with Gasteiger partial charge in [0.15, 0.2) is 0 Å². The number of nitrogens with zero attached hydrogens (tertiary/aromatic N) is 2. The summed E-state index contributed by atoms with van der Waals surface area (Å²) in [5.41, 5.74) is 15.1. The topological polar surface area (TPSA) is 62.9 Å². The van der Waals surface area contributed by atoms with Crippen molar-refractivity contribution in [3.8, 4) is 5.75 Å². The van der Waals surface area contributed by atoms with Crippen LogP contribution >= 0.6 is 0 Å². The fraction of sp³-hybridized carbons (Fsp3) is 0.400. The third-order valence-corrected chi connectivity index (χ3v) is 7.32. The summed E-state index contributed by atoms with van der Waals surface area (Å²) < 4.78 is 20.8. The number of hydrogen-bond donors (Lipinski definition) is 2. The zero-order valence-corrected chi connectivity index (χ0v) is 18.0. The van der Waals surface area contributed by atoms with Gasteiger partial charge in [-0.15, -0.1) is 0 Å². The molecule has 1 saturated heterocycles. The van der Waals surface area contributed by atoms with Crippen LogP contribution in [0.1, 0.15) is 42.0 Å². The molecule has 5 rings (SSSR count). The van der Waals surface area contributed by atoms with Crippen molar-refractivity contribution in [2.45, 2.75) is 31.7 Å². The summed E-state index contributed by atoms with van der Waals surface area (Å²) in [6.45, 7) is 6.54. The van der Waals surface area contributed by atoms with E-state index in [0.29, 0.717) is 16.9 Å². The van der Waals surface area contributed by atoms with E-state index < -0.39 is 0 Å². The van der Waals surface area contributed by atoms with Gasteiger partial charge in [0.2, 0.25) is 0 Å². The van der Waals surface area contributed by atoms with Crippen LogP contribution in [0.5, 0.6) is 5.75 Å². The number of rotatable bonds is 4. The van der Waals surface area contributed by atoms with Crippen LogP contribution in [-0.4, -0.2) is 32.5 Å². The van der Waals surface area contributed by atoms with Gasteiger partial charge in [-0.2, -0.15) is 5.10 Å². The maximum Gasteiger partial charge on any atom is 0.143 e. The molecule has 1 spiro atoms. The third kappa shape index (κ3) is 3.21. The first-order chi connectivity index (χ1) is 15.0. The summed E-state index contributed by atoms with van der Waals surface area (Å²) in [7, 11) is 1.63. The molecule has 2 heterocycles. The Hall–Kier alpha value is -2.86. The lowest BCUT2D eigenvalue weighted by Crippen LogP contribution is -2.44. The van der Waals surface area contributed by atoms with Gasteiger partial charge in [-0.1, -0.05) is 30.8 Å². The number of benzene rings is 2. The molecule has 0 bridgehead atoms. The average Bonchev–Trinajstić information content (AvgIpc) is 3.42. The second kappa shape index (κ2) is 7.68. The van der Waals surface area contributed by atoms with Crippen molar-refractivity contribution in [1.29, 1.82) is 0 Å². The maximum absolute atomic E-state index is 15.1. The summed E-state index contributed by atoms with van der Waals surface area (Å²) in [5, 5.41) is 4.31. The van der Waals surface area contributed by atoms with Crippen molar-refractivity contribution in [2.24, 2.45) is 16.3 Å². The fourth-order valence-electron chi connectivity index (χ4n) is 5.54. The van der Waals surface area contributed by atoms with Crippen LogP contribution in [0.4, 0.5) is 10.1 Å². The fourth-order valence-corrected chi connectivity index (χ4v) is 5.54. The Bertz CT molecular complexity index is 1060. The minimum Gasteiger partial charge on any atom is -0.495 e. The molecule has 3 N–H and O–H groups in total. The van der Waals surface area contributed by atoms with Crippen LogP contribution in [0.15, 0.2) is 48.1 Å². The standard InChI is InChI=1S/C25H29FN4O/c1-16(20-9-12-28-29-20)22-19(26)7-8-21(31-2)23(22)30-13-10-25(11-14-30)15-17-5-3-4-6-18(17)24(25)27/h3-8,24,28H,1,9-15,27H2,2H3/t24-/m1/s1. The second-order valence-electron chi connectivity index (χ2n) is 8.87. The summed E-state index contributed by atoms with van der Waals surface area (Å²) >= 11 is 0. The number of piperidine rings is 1. The number of nitrogens with two attached hydrogens (primary N) is 1. The van der Waals surface area contributed by atoms with Crippen molar-refractivity contribution >= 4 is 17.0 Å². The van der Waals surface area contributed by atoms with Gasteiger partial charge in [0.1, 0.15) is 11.6 Å². The normalized spacial score (nSPS) is 21.6. The smallest absolute Gasteiger partial charge is 0.143 e. The number of halogens is 1. The SMILES string of the molecule is C=C(C1=NNCC1)c1c(F)ccc(OC)c1N1CCC2(CC1)Cc1ccccc1[C@H]2N. The monoisotopic (exact) mass is 420 g/mol. The quantitative estimate of drug-likeness (QED) is 0.784. The number of allylic oxidation sites excluding steroid dienone is 1. The maximum atomic E-state index is 15.1. The molecule has 0 unspecified atom stereocenters. The minimum atomic E-state index is -0.291. The molecular weight excluding hydrogens is 391 g/mol. The van der Waals surface area contributed by atoms with Crippen LogP contribution in [0.3, 0.4) is 0 Å². The summed E-state index contributed by atoms with van der Waals surface area (Å²) in [4.78, 5) is 2.24. The molecule has 2 aromatic rings. The summed E-state index contributed by atoms with van der Waals surface area (Å²) in [6.07, 6.45) is 3.67. The second-order valence-corrected chi connectivity index (χ2v) is 8.87. The van der Waals surface area contributed by atoms with Crippen LogP contribution in [0, 0.1) is 11.2 Å². The van der Waals surface area contributed by atoms with Gasteiger partial charge in [-0.25, -0.2) is 4.39 Å². The number of hydrazone groups is 1. The largest absolute Gasteiger partial charge is 0.495 e. The molecule has 2 aliphatic heterocycles. The van der Waals surface area contributed by atoms with E-state index in [4.69, 9.17) is 10.5 Å². The molecule has 1 atom stereocenters. The van der Waals surface area contributed by atoms with Crippen LogP contribution < -0.4 is 20.8 Å². The van der Waals surface area contributed by atoms with Crippen molar-refractivity contribution in [2.75, 3.05) is 31.6 Å². The lowest BCUT2D eigenvalue weighted by atomic mass is 9.73. The Morgan fingerprint density at radius 3 is 2.71 bits per heavy atom. The molecule has 6 heteroatoms. The van der Waals surface area contributed by atoms with Crippen LogP contribution in [0.25, 0.3) is 5.57 Å². The highest BCUT2D eigenvalue weighted by atomic mass is 19.1. The van der Waals surface area contributed by atoms with Crippen molar-refractivity contribution in [3.05, 3.63) is 65.5 Å². The van der Waals surface area contributed by atoms with Gasteiger partial charge < -0.3 is 20.8 Å². The van der Waals surface area contributed by atoms with E-state index in [0.717, 1.165) is 56.7 Å². The highest BCUT2D eigenvalue weighted by Crippen LogP contribution is 2.52. The zero-order valence-electron chi connectivity index (χ0n) is 18.0. The lowest BCUT2D eigenvalue weighted by Gasteiger charge is -2.44. The van der Waals surface area contributed by atoms with Gasteiger partial charge in [-0.05, 0) is 47.9 Å². The van der Waals surface area contributed by atoms with E-state index in [-0.39, 0.29) is 17.3 Å². The van der Waals surface area contributed by atoms with Crippen molar-refractivity contribution in [1.82, 2.24) is 5.43 Å². The Kier molecular flexibility index (Phi) is 4.97. The van der Waals surface area contributed by atoms with E-state index in [2.05, 4.69) is 46.3 Å². The first-order valence-corrected chi connectivity index (χ1v) is 11.0. The van der Waals surface area contributed by atoms with E-state index in [9.17, 15) is 0 Å². The molecule has 162 valence electrons. The van der Waals surface area contributed by atoms with Crippen LogP contribution in [-0.2, 0) is 6.42 Å². The molecule has 0 aromatic heterocycles. The molecule has 0 saturated carbocycles. The first kappa shape index (κ1) is 20.1. The van der Waals surface area contributed by atoms with E-state index in [1.165, 1.54) is 17.2 Å². The number of ether oxygens (including phenoxy) is 1. The highest BCUT2D eigenvalue weighted by Gasteiger charge is 2.46. The molecule has 1 fully saturated rings. The molecule has 1 aliphatic carbocycles. The lowest BCUT2D eigenvalue weighted by molar-refractivity contribution is 0.187. The number of methoxy groups -OCH3 is 1. The van der Waals surface area contributed by atoms with Gasteiger partial charge >= 0.3 is 0 Å². The highest BCUT2D eigenvalue weighted by molar-refractivity contribution is 6.25. The molecule has 31 heavy (non-hydrogen) atoms. The Balaban J connectivity index is 1.46. The molecular formula is C25H29FN4O. The first-order valence-electron chi connectivity index (χ1n) is 11.0. The van der Waals surface area contributed by atoms with Gasteiger partial charge in [0.05, 0.1) is 18.5 Å². The number of hydrogen-bond acceptors (Lipinski definition) is 5. The Morgan fingerprint density at radius 1 is 1.26 bits per heavy atom. The third-order valence-electron chi connectivity index (χ3n) is 7.32. The zero-order chi connectivity index (χ0) is 21.6. The number of anilines is 1. The van der Waals surface area contributed by atoms with Gasteiger partial charge in [-0.3, -0.25) is 0 Å². The number of nitrogens with one attached hydrogen (secondary N) is 1. The van der Waals surface area contributed by atoms with Crippen molar-refractivity contribution in [3.63, 3.8) is 0 Å². The summed E-state index contributed by atoms with van der Waals surface area (Å²) in [5.74, 6) is 0.375. The van der Waals surface area contributed by atoms with E-state index >= 15 is 4.39 Å². The molecule has 3 aliphatic rings. The van der Waals surface area contributed by atoms with E-state index in [1.54, 1.807) is 13.2 Å². The predicted octanol–water partition coefficient (Wildman–Crippen LogP) is 4.04. The Labute approximate surface area is 182 Å². The average molecular weight is 421 g/mol. The van der Waals surface area contributed by atoms with Crippen LogP contribution in [0.2, 0.25) is 0 Å². The van der Waals surface area contributed by atoms with E-state index in [1.807, 2.05) is 0 Å². The Morgan fingerprint density at radius 2 is 2.03 bits per heavy atom. The van der Waals surface area contributed by atoms with Gasteiger partial charge in [0.25, 0.3) is 0 Å². The molecule has 0 radical (unpaired) electrons. The van der Waals surface area contributed by atoms with Crippen molar-refractivity contribution < 1.29 is 9.13 Å². The van der Waals surface area contributed by atoms with Gasteiger partial charge in [0, 0.05) is 43.2 Å². The predicted molar refractivity (Wildman–Crippen MR) is 123 cm³/mol. The molecule has 0 amide bonds. The minimum absolute atomic E-state index is 0.0496. The molecule has 2 aromatic carbocycles. The number of fused-ring (bicyclic) bond motifs is 1. The summed E-state index contributed by atoms with van der Waals surface area (Å²) in [6, 6.07) is 11.7.